The van der Waals surface area contributed by atoms with E-state index in [-0.39, 0.29) is 11.9 Å². The lowest BCUT2D eigenvalue weighted by Gasteiger charge is -2.39. The summed E-state index contributed by atoms with van der Waals surface area (Å²) in [5, 5.41) is 3.70. The molecule has 1 N–H and O–H groups in total. The monoisotopic (exact) mass is 355 g/mol. The number of halogens is 2. The zero-order valence-electron chi connectivity index (χ0n) is 13.5. The van der Waals surface area contributed by atoms with Crippen molar-refractivity contribution in [3.63, 3.8) is 0 Å². The Morgan fingerprint density at radius 1 is 1.24 bits per heavy atom. The van der Waals surface area contributed by atoms with Gasteiger partial charge in [0.05, 0.1) is 0 Å². The molecule has 0 radical (unpaired) electrons. The van der Waals surface area contributed by atoms with Crippen LogP contribution in [0.1, 0.15) is 58.6 Å². The number of rotatable bonds is 4. The summed E-state index contributed by atoms with van der Waals surface area (Å²) in [6.07, 6.45) is 3.80. The van der Waals surface area contributed by atoms with Gasteiger partial charge in [-0.05, 0) is 49.7 Å². The second-order valence-electron chi connectivity index (χ2n) is 6.99. The van der Waals surface area contributed by atoms with Gasteiger partial charge in [0, 0.05) is 22.1 Å². The minimum Gasteiger partial charge on any atom is -0.307 e. The Morgan fingerprint density at radius 3 is 2.57 bits per heavy atom. The Morgan fingerprint density at radius 2 is 1.95 bits per heavy atom. The highest BCUT2D eigenvalue weighted by Crippen LogP contribution is 2.35. The Bertz CT molecular complexity index is 474. The molecule has 0 heterocycles. The van der Waals surface area contributed by atoms with Crippen molar-refractivity contribution in [2.45, 2.75) is 59.0 Å². The molecule has 0 spiro atoms. The summed E-state index contributed by atoms with van der Waals surface area (Å²) in [4.78, 5) is 0. The van der Waals surface area contributed by atoms with Crippen LogP contribution >= 0.6 is 15.9 Å². The highest BCUT2D eigenvalue weighted by Gasteiger charge is 2.31. The summed E-state index contributed by atoms with van der Waals surface area (Å²) in [5.41, 5.74) is 0.763. The third-order valence-electron chi connectivity index (χ3n) is 4.92. The molecule has 4 unspecified atom stereocenters. The van der Waals surface area contributed by atoms with Crippen LogP contribution in [-0.4, -0.2) is 6.04 Å². The second kappa shape index (κ2) is 7.23. The van der Waals surface area contributed by atoms with Crippen molar-refractivity contribution >= 4 is 15.9 Å². The first-order valence-electron chi connectivity index (χ1n) is 8.09. The van der Waals surface area contributed by atoms with Gasteiger partial charge in [-0.1, -0.05) is 49.2 Å². The molecule has 1 aliphatic carbocycles. The van der Waals surface area contributed by atoms with Crippen molar-refractivity contribution in [1.82, 2.24) is 5.32 Å². The quantitative estimate of drug-likeness (QED) is 0.730. The average Bonchev–Trinajstić information content (AvgIpc) is 2.37. The van der Waals surface area contributed by atoms with E-state index in [1.807, 2.05) is 12.1 Å². The summed E-state index contributed by atoms with van der Waals surface area (Å²) < 4.78 is 14.9. The van der Waals surface area contributed by atoms with Crippen LogP contribution < -0.4 is 5.32 Å². The van der Waals surface area contributed by atoms with Crippen LogP contribution in [0, 0.1) is 23.6 Å². The van der Waals surface area contributed by atoms with Crippen LogP contribution in [0.15, 0.2) is 22.7 Å². The summed E-state index contributed by atoms with van der Waals surface area (Å²) in [5.74, 6) is 2.01. The molecule has 118 valence electrons. The molecule has 0 aromatic heterocycles. The molecule has 0 saturated heterocycles. The van der Waals surface area contributed by atoms with Crippen molar-refractivity contribution in [1.29, 1.82) is 0 Å². The van der Waals surface area contributed by atoms with Crippen LogP contribution in [0.5, 0.6) is 0 Å². The molecule has 1 aromatic rings. The van der Waals surface area contributed by atoms with Crippen LogP contribution in [-0.2, 0) is 0 Å². The van der Waals surface area contributed by atoms with E-state index < -0.39 is 0 Å². The Labute approximate surface area is 136 Å². The molecule has 4 atom stereocenters. The first-order chi connectivity index (χ1) is 9.88. The van der Waals surface area contributed by atoms with Crippen LogP contribution in [0.25, 0.3) is 0 Å². The van der Waals surface area contributed by atoms with E-state index in [2.05, 4.69) is 48.9 Å². The van der Waals surface area contributed by atoms with Gasteiger partial charge in [-0.3, -0.25) is 0 Å². The van der Waals surface area contributed by atoms with Crippen molar-refractivity contribution in [3.05, 3.63) is 34.1 Å². The first kappa shape index (κ1) is 17.0. The predicted molar refractivity (Wildman–Crippen MR) is 90.8 cm³/mol. The third kappa shape index (κ3) is 4.29. The Hall–Kier alpha value is -0.410. The van der Waals surface area contributed by atoms with E-state index in [1.54, 1.807) is 6.07 Å². The topological polar surface area (TPSA) is 12.0 Å². The van der Waals surface area contributed by atoms with Crippen molar-refractivity contribution in [2.75, 3.05) is 0 Å². The molecular formula is C18H27BrFN. The standard InChI is InChI=1S/C18H27BrFN/c1-11(2)15-7-5-12(3)9-18(15)21-13(4)16-8-6-14(19)10-17(16)20/h6,8,10-13,15,18,21H,5,7,9H2,1-4H3. The van der Waals surface area contributed by atoms with E-state index in [4.69, 9.17) is 0 Å². The largest absolute Gasteiger partial charge is 0.307 e. The molecule has 1 aliphatic rings. The average molecular weight is 356 g/mol. The zero-order valence-corrected chi connectivity index (χ0v) is 15.1. The van der Waals surface area contributed by atoms with Crippen molar-refractivity contribution in [2.24, 2.45) is 17.8 Å². The van der Waals surface area contributed by atoms with Crippen molar-refractivity contribution < 1.29 is 4.39 Å². The van der Waals surface area contributed by atoms with Gasteiger partial charge >= 0.3 is 0 Å². The number of hydrogen-bond acceptors (Lipinski definition) is 1. The van der Waals surface area contributed by atoms with E-state index >= 15 is 0 Å². The van der Waals surface area contributed by atoms with Crippen LogP contribution in [0.3, 0.4) is 0 Å². The highest BCUT2D eigenvalue weighted by molar-refractivity contribution is 9.10. The number of nitrogens with one attached hydrogen (secondary N) is 1. The molecule has 0 amide bonds. The molecular weight excluding hydrogens is 329 g/mol. The van der Waals surface area contributed by atoms with E-state index in [0.717, 1.165) is 16.0 Å². The summed E-state index contributed by atoms with van der Waals surface area (Å²) in [6, 6.07) is 5.89. The lowest BCUT2D eigenvalue weighted by atomic mass is 9.73. The summed E-state index contributed by atoms with van der Waals surface area (Å²) >= 11 is 3.32. The predicted octanol–water partition coefficient (Wildman–Crippen LogP) is 5.70. The third-order valence-corrected chi connectivity index (χ3v) is 5.41. The molecule has 1 aromatic carbocycles. The fraction of sp³-hybridized carbons (Fsp3) is 0.667. The maximum Gasteiger partial charge on any atom is 0.129 e. The smallest absolute Gasteiger partial charge is 0.129 e. The molecule has 0 aliphatic heterocycles. The van der Waals surface area contributed by atoms with Gasteiger partial charge in [0.25, 0.3) is 0 Å². The SMILES string of the molecule is CC1CCC(C(C)C)C(NC(C)c2ccc(Br)cc2F)C1. The van der Waals surface area contributed by atoms with Gasteiger partial charge in [-0.2, -0.15) is 0 Å². The Balaban J connectivity index is 2.10. The molecule has 0 bridgehead atoms. The molecule has 2 rings (SSSR count). The molecule has 1 fully saturated rings. The van der Waals surface area contributed by atoms with Gasteiger partial charge in [0.15, 0.2) is 0 Å². The molecule has 3 heteroatoms. The Kier molecular flexibility index (Phi) is 5.84. The number of hydrogen-bond donors (Lipinski definition) is 1. The molecule has 1 saturated carbocycles. The zero-order chi connectivity index (χ0) is 15.6. The number of benzene rings is 1. The van der Waals surface area contributed by atoms with Gasteiger partial charge in [0.2, 0.25) is 0 Å². The van der Waals surface area contributed by atoms with Gasteiger partial charge in [0.1, 0.15) is 5.82 Å². The van der Waals surface area contributed by atoms with Crippen molar-refractivity contribution in [3.8, 4) is 0 Å². The fourth-order valence-corrected chi connectivity index (χ4v) is 3.99. The lowest BCUT2D eigenvalue weighted by Crippen LogP contribution is -2.44. The van der Waals surface area contributed by atoms with E-state index in [9.17, 15) is 4.39 Å². The maximum absolute atomic E-state index is 14.1. The first-order valence-corrected chi connectivity index (χ1v) is 8.88. The van der Waals surface area contributed by atoms with E-state index in [0.29, 0.717) is 17.9 Å². The summed E-state index contributed by atoms with van der Waals surface area (Å²) in [7, 11) is 0. The molecule has 1 nitrogen and oxygen atoms in total. The fourth-order valence-electron chi connectivity index (χ4n) is 3.66. The van der Waals surface area contributed by atoms with Gasteiger partial charge < -0.3 is 5.32 Å². The van der Waals surface area contributed by atoms with Gasteiger partial charge in [-0.25, -0.2) is 4.39 Å². The normalized spacial score (nSPS) is 27.9. The van der Waals surface area contributed by atoms with Crippen LogP contribution in [0.4, 0.5) is 4.39 Å². The van der Waals surface area contributed by atoms with E-state index in [1.165, 1.54) is 19.3 Å². The second-order valence-corrected chi connectivity index (χ2v) is 7.90. The highest BCUT2D eigenvalue weighted by atomic mass is 79.9. The summed E-state index contributed by atoms with van der Waals surface area (Å²) in [6.45, 7) is 9.01. The van der Waals surface area contributed by atoms with Gasteiger partial charge in [-0.15, -0.1) is 0 Å². The minimum absolute atomic E-state index is 0.0506. The lowest BCUT2D eigenvalue weighted by molar-refractivity contribution is 0.160. The minimum atomic E-state index is -0.130. The maximum atomic E-state index is 14.1. The van der Waals surface area contributed by atoms with Crippen LogP contribution in [0.2, 0.25) is 0 Å². The molecule has 21 heavy (non-hydrogen) atoms.